The average molecular weight is 173 g/mol. The van der Waals surface area contributed by atoms with E-state index in [1.165, 1.54) is 19.3 Å². The first kappa shape index (κ1) is 11.9. The molecule has 2 heteroatoms. The zero-order chi connectivity index (χ0) is 9.45. The monoisotopic (exact) mass is 173 g/mol. The summed E-state index contributed by atoms with van der Waals surface area (Å²) in [7, 11) is 1.75. The van der Waals surface area contributed by atoms with Gasteiger partial charge in [0.05, 0.1) is 0 Å². The summed E-state index contributed by atoms with van der Waals surface area (Å²) in [4.78, 5) is 0. The second-order valence-corrected chi connectivity index (χ2v) is 4.15. The molecule has 0 saturated carbocycles. The highest BCUT2D eigenvalue weighted by molar-refractivity contribution is 4.68. The second-order valence-electron chi connectivity index (χ2n) is 4.15. The summed E-state index contributed by atoms with van der Waals surface area (Å²) < 4.78 is 4.99. The molecule has 0 aliphatic rings. The van der Waals surface area contributed by atoms with E-state index in [-0.39, 0.29) is 0 Å². The number of methoxy groups -OCH3 is 1. The van der Waals surface area contributed by atoms with Crippen LogP contribution in [0.3, 0.4) is 0 Å². The number of nitrogens with two attached hydrogens (primary N) is 1. The Morgan fingerprint density at radius 1 is 1.17 bits per heavy atom. The lowest BCUT2D eigenvalue weighted by Gasteiger charge is -2.23. The lowest BCUT2D eigenvalue weighted by atomic mass is 9.84. The quantitative estimate of drug-likeness (QED) is 0.599. The summed E-state index contributed by atoms with van der Waals surface area (Å²) in [5.41, 5.74) is 5.94. The molecule has 0 aromatic rings. The van der Waals surface area contributed by atoms with Gasteiger partial charge in [-0.25, -0.2) is 0 Å². The topological polar surface area (TPSA) is 35.2 Å². The molecule has 0 radical (unpaired) electrons. The third-order valence-corrected chi connectivity index (χ3v) is 2.27. The fourth-order valence-corrected chi connectivity index (χ4v) is 1.37. The summed E-state index contributed by atoms with van der Waals surface area (Å²) in [6, 6.07) is 0. The standard InChI is InChI=1S/C10H23NO/c1-10(2,7-8-11)6-4-5-9-12-3/h4-9,11H2,1-3H3. The Hall–Kier alpha value is -0.0800. The zero-order valence-corrected chi connectivity index (χ0v) is 8.73. The molecule has 0 aliphatic heterocycles. The van der Waals surface area contributed by atoms with Crippen LogP contribution in [0.4, 0.5) is 0 Å². The van der Waals surface area contributed by atoms with E-state index in [1.807, 2.05) is 0 Å². The zero-order valence-electron chi connectivity index (χ0n) is 8.73. The maximum atomic E-state index is 5.52. The molecule has 0 heterocycles. The van der Waals surface area contributed by atoms with Crippen LogP contribution in [0, 0.1) is 5.41 Å². The fourth-order valence-electron chi connectivity index (χ4n) is 1.37. The number of ether oxygens (including phenoxy) is 1. The molecular formula is C10H23NO. The third kappa shape index (κ3) is 6.62. The molecule has 0 aromatic heterocycles. The van der Waals surface area contributed by atoms with E-state index < -0.39 is 0 Å². The molecule has 0 aliphatic carbocycles. The minimum absolute atomic E-state index is 0.419. The molecule has 0 aromatic carbocycles. The molecule has 0 saturated heterocycles. The van der Waals surface area contributed by atoms with Crippen molar-refractivity contribution in [3.63, 3.8) is 0 Å². The highest BCUT2D eigenvalue weighted by Crippen LogP contribution is 2.26. The van der Waals surface area contributed by atoms with Gasteiger partial charge in [-0.1, -0.05) is 20.3 Å². The molecule has 0 unspecified atom stereocenters. The average Bonchev–Trinajstić information content (AvgIpc) is 1.98. The molecule has 2 N–H and O–H groups in total. The van der Waals surface area contributed by atoms with E-state index in [4.69, 9.17) is 10.5 Å². The molecule has 12 heavy (non-hydrogen) atoms. The predicted octanol–water partition coefficient (Wildman–Crippen LogP) is 2.18. The van der Waals surface area contributed by atoms with Crippen molar-refractivity contribution in [2.24, 2.45) is 11.1 Å². The molecule has 0 rings (SSSR count). The first-order valence-electron chi connectivity index (χ1n) is 4.81. The van der Waals surface area contributed by atoms with Crippen molar-refractivity contribution in [2.45, 2.75) is 39.5 Å². The van der Waals surface area contributed by atoms with Crippen LogP contribution in [0.25, 0.3) is 0 Å². The summed E-state index contributed by atoms with van der Waals surface area (Å²) in [5.74, 6) is 0. The Kier molecular flexibility index (Phi) is 6.39. The van der Waals surface area contributed by atoms with Crippen molar-refractivity contribution < 1.29 is 4.74 Å². The number of unbranched alkanes of at least 4 members (excludes halogenated alkanes) is 1. The Balaban J connectivity index is 3.33. The number of hydrogen-bond donors (Lipinski definition) is 1. The van der Waals surface area contributed by atoms with Crippen molar-refractivity contribution in [1.29, 1.82) is 0 Å². The molecule has 0 spiro atoms. The molecule has 0 amide bonds. The molecule has 0 atom stereocenters. The summed E-state index contributed by atoms with van der Waals surface area (Å²) in [6.07, 6.45) is 4.80. The van der Waals surface area contributed by atoms with E-state index in [9.17, 15) is 0 Å². The normalized spacial score (nSPS) is 12.0. The number of hydrogen-bond acceptors (Lipinski definition) is 2. The van der Waals surface area contributed by atoms with Gasteiger partial charge in [-0.3, -0.25) is 0 Å². The predicted molar refractivity (Wildman–Crippen MR) is 53.2 cm³/mol. The summed E-state index contributed by atoms with van der Waals surface area (Å²) >= 11 is 0. The Labute approximate surface area is 76.5 Å². The van der Waals surface area contributed by atoms with Crippen molar-refractivity contribution >= 4 is 0 Å². The van der Waals surface area contributed by atoms with Gasteiger partial charge in [0.2, 0.25) is 0 Å². The van der Waals surface area contributed by atoms with Crippen LogP contribution in [0.15, 0.2) is 0 Å². The Morgan fingerprint density at radius 3 is 2.33 bits per heavy atom. The van der Waals surface area contributed by atoms with Gasteiger partial charge >= 0.3 is 0 Å². The first-order valence-corrected chi connectivity index (χ1v) is 4.81. The van der Waals surface area contributed by atoms with Gasteiger partial charge in [0.15, 0.2) is 0 Å². The van der Waals surface area contributed by atoms with Crippen molar-refractivity contribution in [1.82, 2.24) is 0 Å². The molecule has 2 nitrogen and oxygen atoms in total. The lowest BCUT2D eigenvalue weighted by molar-refractivity contribution is 0.184. The molecular weight excluding hydrogens is 150 g/mol. The van der Waals surface area contributed by atoms with E-state index in [0.717, 1.165) is 19.6 Å². The summed E-state index contributed by atoms with van der Waals surface area (Å²) in [5, 5.41) is 0. The highest BCUT2D eigenvalue weighted by atomic mass is 16.5. The lowest BCUT2D eigenvalue weighted by Crippen LogP contribution is -2.17. The second kappa shape index (κ2) is 6.44. The van der Waals surface area contributed by atoms with E-state index >= 15 is 0 Å². The Bertz CT molecular complexity index is 102. The van der Waals surface area contributed by atoms with Gasteiger partial charge in [-0.2, -0.15) is 0 Å². The first-order chi connectivity index (χ1) is 5.62. The minimum atomic E-state index is 0.419. The van der Waals surface area contributed by atoms with Crippen molar-refractivity contribution in [2.75, 3.05) is 20.3 Å². The smallest absolute Gasteiger partial charge is 0.0462 e. The van der Waals surface area contributed by atoms with Crippen LogP contribution in [-0.4, -0.2) is 20.3 Å². The van der Waals surface area contributed by atoms with Gasteiger partial charge in [0.25, 0.3) is 0 Å². The third-order valence-electron chi connectivity index (χ3n) is 2.27. The minimum Gasteiger partial charge on any atom is -0.385 e. The van der Waals surface area contributed by atoms with Crippen molar-refractivity contribution in [3.8, 4) is 0 Å². The van der Waals surface area contributed by atoms with Crippen LogP contribution in [0.5, 0.6) is 0 Å². The fraction of sp³-hybridized carbons (Fsp3) is 1.00. The summed E-state index contributed by atoms with van der Waals surface area (Å²) in [6.45, 7) is 6.26. The largest absolute Gasteiger partial charge is 0.385 e. The maximum Gasteiger partial charge on any atom is 0.0462 e. The van der Waals surface area contributed by atoms with Crippen LogP contribution < -0.4 is 5.73 Å². The van der Waals surface area contributed by atoms with Gasteiger partial charge in [-0.05, 0) is 31.2 Å². The number of rotatable bonds is 7. The molecule has 0 fully saturated rings. The van der Waals surface area contributed by atoms with E-state index in [1.54, 1.807) is 7.11 Å². The SMILES string of the molecule is COCCCCC(C)(C)CCN. The molecule has 0 bridgehead atoms. The molecule has 74 valence electrons. The van der Waals surface area contributed by atoms with Crippen LogP contribution in [0.1, 0.15) is 39.5 Å². The Morgan fingerprint density at radius 2 is 1.83 bits per heavy atom. The van der Waals surface area contributed by atoms with Crippen LogP contribution in [0.2, 0.25) is 0 Å². The van der Waals surface area contributed by atoms with Crippen LogP contribution in [-0.2, 0) is 4.74 Å². The van der Waals surface area contributed by atoms with Crippen molar-refractivity contribution in [3.05, 3.63) is 0 Å². The highest BCUT2D eigenvalue weighted by Gasteiger charge is 2.15. The van der Waals surface area contributed by atoms with Gasteiger partial charge in [-0.15, -0.1) is 0 Å². The van der Waals surface area contributed by atoms with Crippen LogP contribution >= 0.6 is 0 Å². The maximum absolute atomic E-state index is 5.52. The van der Waals surface area contributed by atoms with Gasteiger partial charge < -0.3 is 10.5 Å². The van der Waals surface area contributed by atoms with E-state index in [0.29, 0.717) is 5.41 Å². The van der Waals surface area contributed by atoms with Gasteiger partial charge in [0, 0.05) is 13.7 Å². The van der Waals surface area contributed by atoms with Gasteiger partial charge in [0.1, 0.15) is 0 Å². The van der Waals surface area contributed by atoms with E-state index in [2.05, 4.69) is 13.8 Å².